The molecule has 0 spiro atoms. The molecule has 5 nitrogen and oxygen atoms in total. The van der Waals surface area contributed by atoms with Crippen LogP contribution in [-0.4, -0.2) is 27.1 Å². The third-order valence-corrected chi connectivity index (χ3v) is 9.52. The third-order valence-electron chi connectivity index (χ3n) is 8.05. The summed E-state index contributed by atoms with van der Waals surface area (Å²) in [5, 5.41) is 2.13. The van der Waals surface area contributed by atoms with Gasteiger partial charge in [0.2, 0.25) is 15.9 Å². The number of hydrogen-bond donors (Lipinski definition) is 1. The molecule has 4 aliphatic rings. The van der Waals surface area contributed by atoms with Gasteiger partial charge in [-0.15, -0.1) is 0 Å². The maximum absolute atomic E-state index is 13.3. The number of sulfonamides is 1. The molecule has 1 N–H and O–H groups in total. The fourth-order valence-corrected chi connectivity index (χ4v) is 8.06. The second-order valence-electron chi connectivity index (χ2n) is 10.8. The smallest absolute Gasteiger partial charge is 0.325 e. The quantitative estimate of drug-likeness (QED) is 0.472. The molecule has 0 radical (unpaired) electrons. The van der Waals surface area contributed by atoms with Gasteiger partial charge in [-0.2, -0.15) is 13.2 Å². The Hall–Kier alpha value is -2.26. The van der Waals surface area contributed by atoms with Crippen LogP contribution >= 0.6 is 11.6 Å². The molecule has 4 aliphatic carbocycles. The number of amides is 1. The molecular formula is C26H28ClF3N2O3S. The number of nitrogens with one attached hydrogen (secondary N) is 1. The van der Waals surface area contributed by atoms with Gasteiger partial charge in [0.15, 0.2) is 0 Å². The molecule has 0 atom stereocenters. The predicted molar refractivity (Wildman–Crippen MR) is 134 cm³/mol. The lowest BCUT2D eigenvalue weighted by Gasteiger charge is -2.57. The van der Waals surface area contributed by atoms with Gasteiger partial charge >= 0.3 is 6.18 Å². The van der Waals surface area contributed by atoms with E-state index in [2.05, 4.69) is 5.32 Å². The van der Waals surface area contributed by atoms with Crippen molar-refractivity contribution < 1.29 is 26.4 Å². The summed E-state index contributed by atoms with van der Waals surface area (Å²) < 4.78 is 65.2. The first kappa shape index (κ1) is 25.4. The number of nitrogens with zero attached hydrogens (tertiary/aromatic N) is 1. The number of halogens is 4. The first-order valence-corrected chi connectivity index (χ1v) is 14.3. The molecule has 1 amide bonds. The Labute approximate surface area is 214 Å². The van der Waals surface area contributed by atoms with Crippen molar-refractivity contribution >= 4 is 38.9 Å². The van der Waals surface area contributed by atoms with Crippen LogP contribution in [0.3, 0.4) is 0 Å². The van der Waals surface area contributed by atoms with Gasteiger partial charge in [-0.05, 0) is 97.6 Å². The molecule has 4 saturated carbocycles. The number of alkyl halides is 3. The van der Waals surface area contributed by atoms with E-state index >= 15 is 0 Å². The van der Waals surface area contributed by atoms with Crippen molar-refractivity contribution in [2.45, 2.75) is 50.1 Å². The highest BCUT2D eigenvalue weighted by atomic mass is 35.5. The molecule has 0 aliphatic heterocycles. The van der Waals surface area contributed by atoms with Gasteiger partial charge in [0, 0.05) is 5.69 Å². The standard InChI is InChI=1S/C26H28ClF3N2O3S/c1-36(34,35)32(21-6-7-23(27)22(11-21)26(28,29)30)15-24(33)31-20-4-2-19(3-5-20)25-12-16-8-17(13-25)10-18(9-16)14-25/h2-7,11,16-18H,8-10,12-15H2,1H3,(H,31,33). The molecule has 36 heavy (non-hydrogen) atoms. The van der Waals surface area contributed by atoms with Gasteiger partial charge in [0.1, 0.15) is 6.54 Å². The summed E-state index contributed by atoms with van der Waals surface area (Å²) in [7, 11) is -4.05. The number of carbonyl (C=O) groups is 1. The van der Waals surface area contributed by atoms with Crippen molar-refractivity contribution in [2.75, 3.05) is 22.4 Å². The van der Waals surface area contributed by atoms with Gasteiger partial charge < -0.3 is 5.32 Å². The monoisotopic (exact) mass is 540 g/mol. The summed E-state index contributed by atoms with van der Waals surface area (Å²) in [5.74, 6) is 1.77. The molecule has 4 bridgehead atoms. The van der Waals surface area contributed by atoms with Crippen LogP contribution < -0.4 is 9.62 Å². The van der Waals surface area contributed by atoms with Crippen LogP contribution in [0.5, 0.6) is 0 Å². The van der Waals surface area contributed by atoms with Gasteiger partial charge in [0.05, 0.1) is 22.5 Å². The van der Waals surface area contributed by atoms with Crippen molar-refractivity contribution in [1.29, 1.82) is 0 Å². The summed E-state index contributed by atoms with van der Waals surface area (Å²) in [4.78, 5) is 12.7. The fourth-order valence-electron chi connectivity index (χ4n) is 6.99. The first-order chi connectivity index (χ1) is 16.8. The molecule has 10 heteroatoms. The summed E-state index contributed by atoms with van der Waals surface area (Å²) in [6.45, 7) is -0.672. The van der Waals surface area contributed by atoms with E-state index in [1.807, 2.05) is 24.3 Å². The van der Waals surface area contributed by atoms with E-state index in [9.17, 15) is 26.4 Å². The Morgan fingerprint density at radius 3 is 2.08 bits per heavy atom. The average Bonchev–Trinajstić information content (AvgIpc) is 2.76. The van der Waals surface area contributed by atoms with Gasteiger partial charge in [-0.25, -0.2) is 8.42 Å². The van der Waals surface area contributed by atoms with E-state index in [1.54, 1.807) is 0 Å². The van der Waals surface area contributed by atoms with Crippen molar-refractivity contribution in [3.63, 3.8) is 0 Å². The predicted octanol–water partition coefficient (Wildman–Crippen LogP) is 6.23. The lowest BCUT2D eigenvalue weighted by atomic mass is 9.48. The molecule has 2 aromatic carbocycles. The molecule has 6 rings (SSSR count). The zero-order valence-corrected chi connectivity index (χ0v) is 21.4. The van der Waals surface area contributed by atoms with Crippen LogP contribution in [0.1, 0.15) is 49.7 Å². The van der Waals surface area contributed by atoms with E-state index in [1.165, 1.54) is 44.1 Å². The Morgan fingerprint density at radius 2 is 1.58 bits per heavy atom. The molecule has 4 fully saturated rings. The van der Waals surface area contributed by atoms with E-state index in [4.69, 9.17) is 11.6 Å². The zero-order chi connectivity index (χ0) is 25.9. The average molecular weight is 541 g/mol. The SMILES string of the molecule is CS(=O)(=O)N(CC(=O)Nc1ccc(C23CC4CC(CC(C4)C2)C3)cc1)c1ccc(Cl)c(C(F)(F)F)c1. The molecular weight excluding hydrogens is 513 g/mol. The van der Waals surface area contributed by atoms with Gasteiger partial charge in [-0.3, -0.25) is 9.10 Å². The van der Waals surface area contributed by atoms with Crippen molar-refractivity contribution in [2.24, 2.45) is 17.8 Å². The number of anilines is 2. The lowest BCUT2D eigenvalue weighted by molar-refractivity contribution is -0.137. The van der Waals surface area contributed by atoms with Crippen LogP contribution in [-0.2, 0) is 26.4 Å². The fraction of sp³-hybridized carbons (Fsp3) is 0.500. The molecule has 0 saturated heterocycles. The number of rotatable bonds is 6. The summed E-state index contributed by atoms with van der Waals surface area (Å²) >= 11 is 5.66. The van der Waals surface area contributed by atoms with Gasteiger partial charge in [0.25, 0.3) is 0 Å². The van der Waals surface area contributed by atoms with E-state index in [0.29, 0.717) is 16.1 Å². The summed E-state index contributed by atoms with van der Waals surface area (Å²) in [6, 6.07) is 10.5. The van der Waals surface area contributed by atoms with E-state index in [-0.39, 0.29) is 11.1 Å². The Balaban J connectivity index is 1.31. The maximum atomic E-state index is 13.3. The van der Waals surface area contributed by atoms with Crippen LogP contribution in [0.2, 0.25) is 5.02 Å². The molecule has 0 unspecified atom stereocenters. The number of benzene rings is 2. The van der Waals surface area contributed by atoms with Crippen LogP contribution in [0.15, 0.2) is 42.5 Å². The minimum atomic E-state index is -4.77. The molecule has 0 heterocycles. The zero-order valence-electron chi connectivity index (χ0n) is 19.8. The highest BCUT2D eigenvalue weighted by molar-refractivity contribution is 7.92. The summed E-state index contributed by atoms with van der Waals surface area (Å²) in [5.41, 5.74) is 0.555. The van der Waals surface area contributed by atoms with E-state index < -0.39 is 39.2 Å². The first-order valence-electron chi connectivity index (χ1n) is 12.1. The van der Waals surface area contributed by atoms with Crippen molar-refractivity contribution in [3.8, 4) is 0 Å². The molecule has 0 aromatic heterocycles. The summed E-state index contributed by atoms with van der Waals surface area (Å²) in [6.07, 6.45) is 3.77. The van der Waals surface area contributed by atoms with Crippen LogP contribution in [0.25, 0.3) is 0 Å². The van der Waals surface area contributed by atoms with E-state index in [0.717, 1.165) is 36.1 Å². The van der Waals surface area contributed by atoms with Crippen LogP contribution in [0, 0.1) is 17.8 Å². The van der Waals surface area contributed by atoms with Crippen LogP contribution in [0.4, 0.5) is 24.5 Å². The minimum absolute atomic E-state index is 0.217. The molecule has 194 valence electrons. The molecule has 2 aromatic rings. The minimum Gasteiger partial charge on any atom is -0.325 e. The Morgan fingerprint density at radius 1 is 1.03 bits per heavy atom. The van der Waals surface area contributed by atoms with Crippen molar-refractivity contribution in [3.05, 3.63) is 58.6 Å². The highest BCUT2D eigenvalue weighted by Gasteiger charge is 2.51. The highest BCUT2D eigenvalue weighted by Crippen LogP contribution is 2.60. The Kier molecular flexibility index (Phi) is 6.31. The second kappa shape index (κ2) is 8.94. The number of hydrogen-bond acceptors (Lipinski definition) is 3. The second-order valence-corrected chi connectivity index (χ2v) is 13.1. The van der Waals surface area contributed by atoms with Crippen molar-refractivity contribution in [1.82, 2.24) is 0 Å². The maximum Gasteiger partial charge on any atom is 0.417 e. The largest absolute Gasteiger partial charge is 0.417 e. The lowest BCUT2D eigenvalue weighted by Crippen LogP contribution is -2.48. The number of carbonyl (C=O) groups excluding carboxylic acids is 1. The normalized spacial score (nSPS) is 27.2. The van der Waals surface area contributed by atoms with Gasteiger partial charge in [-0.1, -0.05) is 23.7 Å². The topological polar surface area (TPSA) is 66.5 Å². The third kappa shape index (κ3) is 4.96. The Bertz CT molecular complexity index is 1240.